The first-order valence-corrected chi connectivity index (χ1v) is 12.1. The van der Waals surface area contributed by atoms with Gasteiger partial charge in [0.15, 0.2) is 5.69 Å². The van der Waals surface area contributed by atoms with Crippen molar-refractivity contribution in [1.82, 2.24) is 0 Å². The highest BCUT2D eigenvalue weighted by Crippen LogP contribution is 2.34. The molecule has 0 amide bonds. The minimum absolute atomic E-state index is 0.0752. The van der Waals surface area contributed by atoms with Crippen LogP contribution in [0.4, 0.5) is 11.4 Å². The zero-order chi connectivity index (χ0) is 19.7. The average Bonchev–Trinajstić information content (AvgIpc) is 3.13. The molecule has 148 valence electrons. The Kier molecular flexibility index (Phi) is 5.48. The van der Waals surface area contributed by atoms with Gasteiger partial charge in [0.05, 0.1) is 9.47 Å². The molecule has 3 aromatic rings. The van der Waals surface area contributed by atoms with E-state index in [1.165, 1.54) is 12.5 Å². The van der Waals surface area contributed by atoms with E-state index in [-0.39, 0.29) is 15.9 Å². The van der Waals surface area contributed by atoms with Gasteiger partial charge in [-0.1, -0.05) is 31.4 Å². The fraction of sp³-hybridized carbons (Fsp3) is 0.316. The summed E-state index contributed by atoms with van der Waals surface area (Å²) in [5, 5.41) is 4.10. The maximum absolute atomic E-state index is 12.8. The van der Waals surface area contributed by atoms with Crippen LogP contribution in [0.15, 0.2) is 53.6 Å². The molecule has 1 aliphatic carbocycles. The summed E-state index contributed by atoms with van der Waals surface area (Å²) in [6, 6.07) is 10.5. The summed E-state index contributed by atoms with van der Waals surface area (Å²) in [6.45, 7) is 0. The first-order chi connectivity index (χ1) is 13.4. The number of sulfonamides is 1. The summed E-state index contributed by atoms with van der Waals surface area (Å²) in [4.78, 5) is 12.7. The fourth-order valence-corrected chi connectivity index (χ4v) is 6.55. The molecule has 4 rings (SSSR count). The third kappa shape index (κ3) is 3.97. The van der Waals surface area contributed by atoms with E-state index in [1.807, 2.05) is 12.1 Å². The molecule has 0 aliphatic heterocycles. The van der Waals surface area contributed by atoms with Crippen molar-refractivity contribution >= 4 is 59.6 Å². The molecule has 6 nitrogen and oxygen atoms in total. The van der Waals surface area contributed by atoms with Crippen molar-refractivity contribution in [1.29, 1.82) is 0 Å². The maximum atomic E-state index is 12.8. The van der Waals surface area contributed by atoms with Crippen LogP contribution in [0, 0.1) is 0 Å². The molecule has 0 saturated heterocycles. The Morgan fingerprint density at radius 2 is 1.79 bits per heavy atom. The Hall–Kier alpha value is -1.84. The van der Waals surface area contributed by atoms with Gasteiger partial charge in [0.25, 0.3) is 10.0 Å². The molecule has 1 aliphatic rings. The number of anilines is 2. The van der Waals surface area contributed by atoms with Gasteiger partial charge in [-0.3, -0.25) is 4.72 Å². The Bertz CT molecular complexity index is 1160. The molecule has 0 spiro atoms. The Morgan fingerprint density at radius 3 is 2.50 bits per heavy atom. The van der Waals surface area contributed by atoms with Gasteiger partial charge < -0.3 is 9.73 Å². The lowest BCUT2D eigenvalue weighted by molar-refractivity contribution is 0.462. The Morgan fingerprint density at radius 1 is 1.04 bits per heavy atom. The van der Waals surface area contributed by atoms with E-state index in [9.17, 15) is 13.2 Å². The van der Waals surface area contributed by atoms with Crippen LogP contribution in [0.5, 0.6) is 0 Å². The summed E-state index contributed by atoms with van der Waals surface area (Å²) >= 11 is 4.35. The van der Waals surface area contributed by atoms with Crippen molar-refractivity contribution in [3.63, 3.8) is 0 Å². The second-order valence-electron chi connectivity index (χ2n) is 6.78. The Labute approximate surface area is 175 Å². The van der Waals surface area contributed by atoms with Gasteiger partial charge in [0.2, 0.25) is 0 Å². The number of hydrogen-bond donors (Lipinski definition) is 2. The van der Waals surface area contributed by atoms with Gasteiger partial charge >= 0.3 is 5.63 Å². The van der Waals surface area contributed by atoms with Crippen molar-refractivity contribution in [3.05, 3.63) is 50.6 Å². The van der Waals surface area contributed by atoms with Crippen LogP contribution in [0.25, 0.3) is 11.0 Å². The first kappa shape index (κ1) is 19.5. The lowest BCUT2D eigenvalue weighted by Crippen LogP contribution is -2.26. The van der Waals surface area contributed by atoms with E-state index in [0.29, 0.717) is 20.4 Å². The van der Waals surface area contributed by atoms with Crippen LogP contribution in [0.1, 0.15) is 32.1 Å². The molecule has 1 fully saturated rings. The third-order valence-electron chi connectivity index (χ3n) is 4.82. The topological polar surface area (TPSA) is 88.4 Å². The van der Waals surface area contributed by atoms with Crippen molar-refractivity contribution in [2.24, 2.45) is 0 Å². The van der Waals surface area contributed by atoms with Gasteiger partial charge in [-0.25, -0.2) is 13.2 Å². The summed E-state index contributed by atoms with van der Waals surface area (Å²) in [5.74, 6) is 0. The molecular weight excluding hydrogens is 464 g/mol. The van der Waals surface area contributed by atoms with Crippen LogP contribution in [-0.4, -0.2) is 14.5 Å². The standard InChI is InChI=1S/C19H19BrN2O4S2/c20-15-10-11-16(27-15)28(24,25)22-18-17(21-12-6-2-1-3-7-12)13-8-4-5-9-14(13)26-19(18)23/h4-5,8-12,21-22H,1-3,6-7H2. The molecule has 2 aromatic heterocycles. The highest BCUT2D eigenvalue weighted by Gasteiger charge is 2.25. The van der Waals surface area contributed by atoms with Gasteiger partial charge in [0, 0.05) is 11.4 Å². The third-order valence-corrected chi connectivity index (χ3v) is 8.28. The maximum Gasteiger partial charge on any atom is 0.363 e. The summed E-state index contributed by atoms with van der Waals surface area (Å²) in [6.07, 6.45) is 5.39. The van der Waals surface area contributed by atoms with Crippen molar-refractivity contribution in [2.75, 3.05) is 10.0 Å². The number of benzene rings is 1. The van der Waals surface area contributed by atoms with Crippen LogP contribution in [0.2, 0.25) is 0 Å². The lowest BCUT2D eigenvalue weighted by Gasteiger charge is -2.25. The van der Waals surface area contributed by atoms with E-state index in [4.69, 9.17) is 4.42 Å². The monoisotopic (exact) mass is 482 g/mol. The number of hydrogen-bond acceptors (Lipinski definition) is 6. The Balaban J connectivity index is 1.81. The molecule has 2 N–H and O–H groups in total. The van der Waals surface area contributed by atoms with Crippen molar-refractivity contribution < 1.29 is 12.8 Å². The number of halogens is 1. The van der Waals surface area contributed by atoms with Gasteiger partial charge in [-0.2, -0.15) is 0 Å². The van der Waals surface area contributed by atoms with Crippen molar-refractivity contribution in [2.45, 2.75) is 42.4 Å². The molecule has 28 heavy (non-hydrogen) atoms. The zero-order valence-corrected chi connectivity index (χ0v) is 18.1. The van der Waals surface area contributed by atoms with E-state index < -0.39 is 15.6 Å². The predicted molar refractivity (Wildman–Crippen MR) is 116 cm³/mol. The molecule has 0 bridgehead atoms. The molecule has 1 aromatic carbocycles. The summed E-state index contributed by atoms with van der Waals surface area (Å²) in [5.41, 5.74) is 0.121. The second-order valence-corrected chi connectivity index (χ2v) is 11.2. The SMILES string of the molecule is O=c1oc2ccccc2c(NC2CCCCC2)c1NS(=O)(=O)c1ccc(Br)s1. The summed E-state index contributed by atoms with van der Waals surface area (Å²) < 4.78 is 34.3. The number of rotatable bonds is 5. The number of fused-ring (bicyclic) bond motifs is 1. The van der Waals surface area contributed by atoms with Gasteiger partial charge in [0.1, 0.15) is 9.79 Å². The highest BCUT2D eigenvalue weighted by molar-refractivity contribution is 9.11. The highest BCUT2D eigenvalue weighted by atomic mass is 79.9. The van der Waals surface area contributed by atoms with Crippen LogP contribution >= 0.6 is 27.3 Å². The molecule has 0 atom stereocenters. The van der Waals surface area contributed by atoms with E-state index in [0.717, 1.165) is 37.0 Å². The van der Waals surface area contributed by atoms with Gasteiger partial charge in [-0.15, -0.1) is 11.3 Å². The smallest absolute Gasteiger partial charge is 0.363 e. The average molecular weight is 483 g/mol. The van der Waals surface area contributed by atoms with Crippen LogP contribution in [0.3, 0.4) is 0 Å². The fourth-order valence-electron chi connectivity index (χ4n) is 3.47. The number of thiophene rings is 1. The summed E-state index contributed by atoms with van der Waals surface area (Å²) in [7, 11) is -3.91. The largest absolute Gasteiger partial charge is 0.421 e. The molecular formula is C19H19BrN2O4S2. The molecule has 1 saturated carbocycles. The molecule has 0 radical (unpaired) electrons. The van der Waals surface area contributed by atoms with E-state index >= 15 is 0 Å². The minimum atomic E-state index is -3.91. The van der Waals surface area contributed by atoms with Gasteiger partial charge in [-0.05, 0) is 53.0 Å². The zero-order valence-electron chi connectivity index (χ0n) is 14.9. The van der Waals surface area contributed by atoms with E-state index in [1.54, 1.807) is 18.2 Å². The second kappa shape index (κ2) is 7.88. The number of nitrogens with one attached hydrogen (secondary N) is 2. The quantitative estimate of drug-likeness (QED) is 0.490. The van der Waals surface area contributed by atoms with Crippen LogP contribution < -0.4 is 15.7 Å². The van der Waals surface area contributed by atoms with Crippen molar-refractivity contribution in [3.8, 4) is 0 Å². The van der Waals surface area contributed by atoms with Crippen LogP contribution in [-0.2, 0) is 10.0 Å². The first-order valence-electron chi connectivity index (χ1n) is 9.04. The molecule has 2 heterocycles. The normalized spacial score (nSPS) is 15.6. The lowest BCUT2D eigenvalue weighted by atomic mass is 9.95. The number of para-hydroxylation sites is 1. The van der Waals surface area contributed by atoms with E-state index in [2.05, 4.69) is 26.0 Å². The molecule has 0 unspecified atom stereocenters. The predicted octanol–water partition coefficient (Wildman–Crippen LogP) is 5.16. The minimum Gasteiger partial charge on any atom is -0.421 e. The molecule has 9 heteroatoms.